The van der Waals surface area contributed by atoms with E-state index >= 15 is 0 Å². The fourth-order valence-electron chi connectivity index (χ4n) is 1.91. The first kappa shape index (κ1) is 15.6. The van der Waals surface area contributed by atoms with Crippen molar-refractivity contribution in [3.63, 3.8) is 0 Å². The number of nitrogens with zero attached hydrogens (tertiary/aromatic N) is 2. The number of nitrogen functional groups attached to an aromatic ring is 1. The standard InChI is InChI=1S/C13H20ClN3O2/c1-16(2)5-4-6-17(3)12-10(13(18)19)7-9(15)8-11(12)14/h7-8H,4-6,15H2,1-3H3,(H,18,19). The molecule has 0 heterocycles. The van der Waals surface area contributed by atoms with E-state index in [4.69, 9.17) is 17.3 Å². The van der Waals surface area contributed by atoms with Crippen LogP contribution in [0, 0.1) is 0 Å². The van der Waals surface area contributed by atoms with E-state index in [2.05, 4.69) is 4.90 Å². The number of carboxylic acids is 1. The van der Waals surface area contributed by atoms with Gasteiger partial charge < -0.3 is 20.6 Å². The number of nitrogens with two attached hydrogens (primary N) is 1. The molecule has 0 aromatic heterocycles. The Labute approximate surface area is 118 Å². The monoisotopic (exact) mass is 285 g/mol. The van der Waals surface area contributed by atoms with Crippen LogP contribution >= 0.6 is 11.6 Å². The van der Waals surface area contributed by atoms with Crippen molar-refractivity contribution in [2.45, 2.75) is 6.42 Å². The second-order valence-electron chi connectivity index (χ2n) is 4.78. The Balaban J connectivity index is 2.95. The van der Waals surface area contributed by atoms with E-state index in [0.29, 0.717) is 16.4 Å². The van der Waals surface area contributed by atoms with Crippen LogP contribution < -0.4 is 10.6 Å². The number of anilines is 2. The first-order valence-electron chi connectivity index (χ1n) is 6.01. The van der Waals surface area contributed by atoms with Gasteiger partial charge in [0.1, 0.15) is 0 Å². The lowest BCUT2D eigenvalue weighted by molar-refractivity contribution is 0.0697. The third-order valence-corrected chi connectivity index (χ3v) is 3.08. The molecule has 1 aromatic carbocycles. The highest BCUT2D eigenvalue weighted by atomic mass is 35.5. The Kier molecular flexibility index (Phi) is 5.44. The number of benzene rings is 1. The number of carboxylic acid groups (broad SMARTS) is 1. The van der Waals surface area contributed by atoms with E-state index in [9.17, 15) is 9.90 Å². The van der Waals surface area contributed by atoms with Crippen LogP contribution in [0.1, 0.15) is 16.8 Å². The normalized spacial score (nSPS) is 10.8. The summed E-state index contributed by atoms with van der Waals surface area (Å²) in [6, 6.07) is 3.01. The molecule has 106 valence electrons. The summed E-state index contributed by atoms with van der Waals surface area (Å²) in [5, 5.41) is 9.59. The molecule has 0 radical (unpaired) electrons. The summed E-state index contributed by atoms with van der Waals surface area (Å²) in [7, 11) is 5.83. The first-order chi connectivity index (χ1) is 8.82. The number of hydrogen-bond donors (Lipinski definition) is 2. The summed E-state index contributed by atoms with van der Waals surface area (Å²) < 4.78 is 0. The Morgan fingerprint density at radius 1 is 1.32 bits per heavy atom. The molecule has 5 nitrogen and oxygen atoms in total. The maximum Gasteiger partial charge on any atom is 0.337 e. The highest BCUT2D eigenvalue weighted by molar-refractivity contribution is 6.34. The zero-order valence-corrected chi connectivity index (χ0v) is 12.2. The van der Waals surface area contributed by atoms with Crippen molar-refractivity contribution >= 4 is 28.9 Å². The highest BCUT2D eigenvalue weighted by Gasteiger charge is 2.18. The van der Waals surface area contributed by atoms with Crippen LogP contribution in [0.5, 0.6) is 0 Å². The fraction of sp³-hybridized carbons (Fsp3) is 0.462. The van der Waals surface area contributed by atoms with Crippen LogP contribution in [0.3, 0.4) is 0 Å². The topological polar surface area (TPSA) is 69.8 Å². The average molecular weight is 286 g/mol. The molecule has 0 spiro atoms. The van der Waals surface area contributed by atoms with Gasteiger partial charge in [-0.3, -0.25) is 0 Å². The Bertz CT molecular complexity index is 463. The quantitative estimate of drug-likeness (QED) is 0.783. The fourth-order valence-corrected chi connectivity index (χ4v) is 2.28. The number of rotatable bonds is 6. The van der Waals surface area contributed by atoms with Gasteiger partial charge in [-0.05, 0) is 39.2 Å². The molecule has 0 saturated carbocycles. The summed E-state index contributed by atoms with van der Waals surface area (Å²) >= 11 is 6.12. The molecule has 0 fully saturated rings. The van der Waals surface area contributed by atoms with Gasteiger partial charge in [0.15, 0.2) is 0 Å². The van der Waals surface area contributed by atoms with Gasteiger partial charge in [0.2, 0.25) is 0 Å². The van der Waals surface area contributed by atoms with E-state index in [1.165, 1.54) is 6.07 Å². The van der Waals surface area contributed by atoms with Crippen molar-refractivity contribution in [1.82, 2.24) is 4.90 Å². The Morgan fingerprint density at radius 2 is 1.95 bits per heavy atom. The van der Waals surface area contributed by atoms with Crippen LogP contribution in [0.15, 0.2) is 12.1 Å². The van der Waals surface area contributed by atoms with Gasteiger partial charge in [0.05, 0.1) is 16.3 Å². The first-order valence-corrected chi connectivity index (χ1v) is 6.39. The third-order valence-electron chi connectivity index (χ3n) is 2.80. The molecule has 1 rings (SSSR count). The molecular weight excluding hydrogens is 266 g/mol. The summed E-state index contributed by atoms with van der Waals surface area (Å²) in [5.41, 5.74) is 6.64. The lowest BCUT2D eigenvalue weighted by atomic mass is 10.1. The van der Waals surface area contributed by atoms with Crippen LogP contribution in [0.4, 0.5) is 11.4 Å². The van der Waals surface area contributed by atoms with E-state index in [1.54, 1.807) is 6.07 Å². The third kappa shape index (κ3) is 4.29. The predicted octanol–water partition coefficient (Wildman–Crippen LogP) is 2.01. The lowest BCUT2D eigenvalue weighted by Gasteiger charge is -2.23. The van der Waals surface area contributed by atoms with Crippen LogP contribution in [-0.2, 0) is 0 Å². The van der Waals surface area contributed by atoms with Crippen molar-refractivity contribution in [3.8, 4) is 0 Å². The molecule has 0 atom stereocenters. The zero-order valence-electron chi connectivity index (χ0n) is 11.5. The predicted molar refractivity (Wildman–Crippen MR) is 79.3 cm³/mol. The van der Waals surface area contributed by atoms with E-state index in [0.717, 1.165) is 19.5 Å². The molecule has 19 heavy (non-hydrogen) atoms. The summed E-state index contributed by atoms with van der Waals surface area (Å²) in [4.78, 5) is 15.2. The van der Waals surface area contributed by atoms with Crippen molar-refractivity contribution in [1.29, 1.82) is 0 Å². The smallest absolute Gasteiger partial charge is 0.337 e. The molecular formula is C13H20ClN3O2. The second kappa shape index (κ2) is 6.63. The molecule has 3 N–H and O–H groups in total. The van der Waals surface area contributed by atoms with Crippen molar-refractivity contribution in [3.05, 3.63) is 22.7 Å². The number of halogens is 1. The molecule has 0 saturated heterocycles. The van der Waals surface area contributed by atoms with Gasteiger partial charge in [0, 0.05) is 19.3 Å². The Morgan fingerprint density at radius 3 is 2.47 bits per heavy atom. The number of carbonyl (C=O) groups is 1. The van der Waals surface area contributed by atoms with Gasteiger partial charge in [-0.15, -0.1) is 0 Å². The van der Waals surface area contributed by atoms with Gasteiger partial charge in [0.25, 0.3) is 0 Å². The van der Waals surface area contributed by atoms with Crippen molar-refractivity contribution in [2.24, 2.45) is 0 Å². The van der Waals surface area contributed by atoms with Crippen LogP contribution in [0.2, 0.25) is 5.02 Å². The Hall–Kier alpha value is -1.46. The molecule has 0 unspecified atom stereocenters. The lowest BCUT2D eigenvalue weighted by Crippen LogP contribution is -2.25. The maximum atomic E-state index is 11.3. The zero-order chi connectivity index (χ0) is 14.6. The van der Waals surface area contributed by atoms with Crippen molar-refractivity contribution < 1.29 is 9.90 Å². The largest absolute Gasteiger partial charge is 0.478 e. The minimum Gasteiger partial charge on any atom is -0.478 e. The summed E-state index contributed by atoms with van der Waals surface area (Å²) in [6.07, 6.45) is 0.920. The minimum absolute atomic E-state index is 0.136. The molecule has 0 bridgehead atoms. The number of aromatic carboxylic acids is 1. The molecule has 1 aromatic rings. The summed E-state index contributed by atoms with van der Waals surface area (Å²) in [6.45, 7) is 1.65. The van der Waals surface area contributed by atoms with Gasteiger partial charge >= 0.3 is 5.97 Å². The average Bonchev–Trinajstić information content (AvgIpc) is 2.26. The maximum absolute atomic E-state index is 11.3. The molecule has 0 aliphatic heterocycles. The highest BCUT2D eigenvalue weighted by Crippen LogP contribution is 2.32. The van der Waals surface area contributed by atoms with Crippen molar-refractivity contribution in [2.75, 3.05) is 44.9 Å². The SMILES string of the molecule is CN(C)CCCN(C)c1c(Cl)cc(N)cc1C(=O)O. The van der Waals surface area contributed by atoms with Crippen LogP contribution in [0.25, 0.3) is 0 Å². The van der Waals surface area contributed by atoms with Gasteiger partial charge in [-0.1, -0.05) is 11.6 Å². The molecule has 0 amide bonds. The van der Waals surface area contributed by atoms with E-state index in [1.807, 2.05) is 26.0 Å². The number of hydrogen-bond acceptors (Lipinski definition) is 4. The minimum atomic E-state index is -1.02. The summed E-state index contributed by atoms with van der Waals surface area (Å²) in [5.74, 6) is -1.02. The molecule has 0 aliphatic carbocycles. The van der Waals surface area contributed by atoms with E-state index < -0.39 is 5.97 Å². The van der Waals surface area contributed by atoms with Crippen LogP contribution in [-0.4, -0.2) is 50.2 Å². The van der Waals surface area contributed by atoms with E-state index in [-0.39, 0.29) is 5.56 Å². The molecule has 6 heteroatoms. The van der Waals surface area contributed by atoms with Gasteiger partial charge in [-0.2, -0.15) is 0 Å². The molecule has 0 aliphatic rings. The van der Waals surface area contributed by atoms with Gasteiger partial charge in [-0.25, -0.2) is 4.79 Å². The second-order valence-corrected chi connectivity index (χ2v) is 5.19.